The highest BCUT2D eigenvalue weighted by Crippen LogP contribution is 2.33. The van der Waals surface area contributed by atoms with E-state index in [0.29, 0.717) is 12.0 Å². The summed E-state index contributed by atoms with van der Waals surface area (Å²) in [5.41, 5.74) is 2.05. The fourth-order valence-electron chi connectivity index (χ4n) is 3.65. The Labute approximate surface area is 124 Å². The van der Waals surface area contributed by atoms with Crippen LogP contribution in [-0.4, -0.2) is 52.3 Å². The lowest BCUT2D eigenvalue weighted by Crippen LogP contribution is -2.21. The summed E-state index contributed by atoms with van der Waals surface area (Å²) in [6.45, 7) is 7.30. The molecular formula is C16H22N4O. The number of rotatable bonds is 3. The van der Waals surface area contributed by atoms with Crippen molar-refractivity contribution in [3.8, 4) is 0 Å². The van der Waals surface area contributed by atoms with Gasteiger partial charge in [0, 0.05) is 25.3 Å². The predicted molar refractivity (Wildman–Crippen MR) is 81.5 cm³/mol. The SMILES string of the molecule is CCN1CCC(c2nc3cccnc3n2C2CCOC2)C1. The molecule has 2 aliphatic rings. The van der Waals surface area contributed by atoms with Gasteiger partial charge in [-0.3, -0.25) is 0 Å². The largest absolute Gasteiger partial charge is 0.379 e. The first-order chi connectivity index (χ1) is 10.4. The Morgan fingerprint density at radius 2 is 2.33 bits per heavy atom. The highest BCUT2D eigenvalue weighted by molar-refractivity contribution is 5.71. The van der Waals surface area contributed by atoms with Crippen LogP contribution >= 0.6 is 0 Å². The van der Waals surface area contributed by atoms with Crippen LogP contribution in [0.25, 0.3) is 11.2 Å². The number of imidazole rings is 1. The molecule has 0 amide bonds. The molecule has 4 rings (SSSR count). The Bertz CT molecular complexity index is 632. The zero-order chi connectivity index (χ0) is 14.2. The molecule has 2 aromatic heterocycles. The van der Waals surface area contributed by atoms with Crippen LogP contribution in [0.1, 0.15) is 37.5 Å². The molecule has 4 heterocycles. The lowest BCUT2D eigenvalue weighted by molar-refractivity contribution is 0.186. The number of hydrogen-bond acceptors (Lipinski definition) is 4. The average Bonchev–Trinajstić information content (AvgIpc) is 3.24. The molecule has 2 aromatic rings. The maximum absolute atomic E-state index is 5.60. The third-order valence-corrected chi connectivity index (χ3v) is 4.83. The van der Waals surface area contributed by atoms with E-state index in [4.69, 9.17) is 9.72 Å². The van der Waals surface area contributed by atoms with Gasteiger partial charge in [-0.25, -0.2) is 9.97 Å². The van der Waals surface area contributed by atoms with Crippen molar-refractivity contribution in [1.29, 1.82) is 0 Å². The fraction of sp³-hybridized carbons (Fsp3) is 0.625. The molecule has 0 aliphatic carbocycles. The van der Waals surface area contributed by atoms with Crippen molar-refractivity contribution in [3.05, 3.63) is 24.2 Å². The van der Waals surface area contributed by atoms with E-state index in [-0.39, 0.29) is 0 Å². The lowest BCUT2D eigenvalue weighted by atomic mass is 10.1. The molecule has 112 valence electrons. The van der Waals surface area contributed by atoms with Crippen molar-refractivity contribution in [2.24, 2.45) is 0 Å². The maximum atomic E-state index is 5.60. The van der Waals surface area contributed by atoms with Crippen LogP contribution in [0.2, 0.25) is 0 Å². The third kappa shape index (κ3) is 2.24. The molecule has 5 heteroatoms. The summed E-state index contributed by atoms with van der Waals surface area (Å²) in [4.78, 5) is 12.0. The molecule has 0 N–H and O–H groups in total. The topological polar surface area (TPSA) is 43.2 Å². The number of likely N-dealkylation sites (tertiary alicyclic amines) is 1. The van der Waals surface area contributed by atoms with Gasteiger partial charge in [0.15, 0.2) is 5.65 Å². The van der Waals surface area contributed by atoms with Gasteiger partial charge < -0.3 is 14.2 Å². The Hall–Kier alpha value is -1.46. The van der Waals surface area contributed by atoms with E-state index >= 15 is 0 Å². The highest BCUT2D eigenvalue weighted by atomic mass is 16.5. The Balaban J connectivity index is 1.78. The number of likely N-dealkylation sites (N-methyl/N-ethyl adjacent to an activating group) is 1. The Morgan fingerprint density at radius 3 is 3.10 bits per heavy atom. The zero-order valence-corrected chi connectivity index (χ0v) is 12.5. The minimum atomic E-state index is 0.399. The number of hydrogen-bond donors (Lipinski definition) is 0. The van der Waals surface area contributed by atoms with E-state index < -0.39 is 0 Å². The van der Waals surface area contributed by atoms with Crippen LogP contribution < -0.4 is 0 Å². The van der Waals surface area contributed by atoms with E-state index in [1.54, 1.807) is 0 Å². The van der Waals surface area contributed by atoms with Crippen molar-refractivity contribution < 1.29 is 4.74 Å². The van der Waals surface area contributed by atoms with E-state index in [1.165, 1.54) is 18.8 Å². The van der Waals surface area contributed by atoms with Gasteiger partial charge in [0.1, 0.15) is 11.3 Å². The summed E-state index contributed by atoms with van der Waals surface area (Å²) >= 11 is 0. The molecular weight excluding hydrogens is 264 g/mol. The summed E-state index contributed by atoms with van der Waals surface area (Å²) in [5, 5.41) is 0. The van der Waals surface area contributed by atoms with Crippen LogP contribution in [0.5, 0.6) is 0 Å². The van der Waals surface area contributed by atoms with Gasteiger partial charge in [-0.1, -0.05) is 6.92 Å². The number of nitrogens with zero attached hydrogens (tertiary/aromatic N) is 4. The van der Waals surface area contributed by atoms with E-state index in [2.05, 4.69) is 27.4 Å². The van der Waals surface area contributed by atoms with Gasteiger partial charge in [0.2, 0.25) is 0 Å². The first kappa shape index (κ1) is 13.2. The molecule has 2 unspecified atom stereocenters. The minimum Gasteiger partial charge on any atom is -0.379 e. The van der Waals surface area contributed by atoms with E-state index in [0.717, 1.165) is 43.9 Å². The number of ether oxygens (including phenoxy) is 1. The lowest BCUT2D eigenvalue weighted by Gasteiger charge is -2.18. The Morgan fingerprint density at radius 1 is 1.38 bits per heavy atom. The first-order valence-corrected chi connectivity index (χ1v) is 7.99. The molecule has 0 spiro atoms. The molecule has 2 atom stereocenters. The maximum Gasteiger partial charge on any atom is 0.160 e. The minimum absolute atomic E-state index is 0.399. The normalized spacial score (nSPS) is 26.9. The van der Waals surface area contributed by atoms with E-state index in [9.17, 15) is 0 Å². The summed E-state index contributed by atoms with van der Waals surface area (Å²) in [6.07, 6.45) is 4.14. The van der Waals surface area contributed by atoms with Gasteiger partial charge in [0.05, 0.1) is 12.6 Å². The van der Waals surface area contributed by atoms with Crippen LogP contribution in [0.15, 0.2) is 18.3 Å². The molecule has 2 saturated heterocycles. The van der Waals surface area contributed by atoms with Crippen LogP contribution in [-0.2, 0) is 4.74 Å². The first-order valence-electron chi connectivity index (χ1n) is 7.99. The molecule has 0 radical (unpaired) electrons. The Kier molecular flexibility index (Phi) is 3.39. The second kappa shape index (κ2) is 5.39. The molecule has 5 nitrogen and oxygen atoms in total. The average molecular weight is 286 g/mol. The third-order valence-electron chi connectivity index (χ3n) is 4.83. The second-order valence-corrected chi connectivity index (χ2v) is 6.08. The summed E-state index contributed by atoms with van der Waals surface area (Å²) in [6, 6.07) is 4.45. The quantitative estimate of drug-likeness (QED) is 0.867. The molecule has 0 bridgehead atoms. The highest BCUT2D eigenvalue weighted by Gasteiger charge is 2.31. The van der Waals surface area contributed by atoms with Gasteiger partial charge in [-0.15, -0.1) is 0 Å². The van der Waals surface area contributed by atoms with Crippen molar-refractivity contribution in [1.82, 2.24) is 19.4 Å². The van der Waals surface area contributed by atoms with Crippen molar-refractivity contribution in [3.63, 3.8) is 0 Å². The smallest absolute Gasteiger partial charge is 0.160 e. The summed E-state index contributed by atoms with van der Waals surface area (Å²) < 4.78 is 7.97. The van der Waals surface area contributed by atoms with Gasteiger partial charge in [-0.2, -0.15) is 0 Å². The number of fused-ring (bicyclic) bond motifs is 1. The van der Waals surface area contributed by atoms with Gasteiger partial charge >= 0.3 is 0 Å². The van der Waals surface area contributed by atoms with Crippen LogP contribution in [0.3, 0.4) is 0 Å². The van der Waals surface area contributed by atoms with Crippen molar-refractivity contribution in [2.45, 2.75) is 31.7 Å². The zero-order valence-electron chi connectivity index (χ0n) is 12.5. The number of pyridine rings is 1. The standard InChI is InChI=1S/C16H22N4O/c1-2-19-8-5-12(10-19)15-18-14-4-3-7-17-16(14)20(15)13-6-9-21-11-13/h3-4,7,12-13H,2,5-6,8-11H2,1H3. The molecule has 2 aliphatic heterocycles. The second-order valence-electron chi connectivity index (χ2n) is 6.08. The molecule has 2 fully saturated rings. The molecule has 0 aromatic carbocycles. The fourth-order valence-corrected chi connectivity index (χ4v) is 3.65. The molecule has 21 heavy (non-hydrogen) atoms. The van der Waals surface area contributed by atoms with Crippen LogP contribution in [0.4, 0.5) is 0 Å². The van der Waals surface area contributed by atoms with Crippen molar-refractivity contribution >= 4 is 11.2 Å². The van der Waals surface area contributed by atoms with Gasteiger partial charge in [0.25, 0.3) is 0 Å². The van der Waals surface area contributed by atoms with Crippen molar-refractivity contribution in [2.75, 3.05) is 32.8 Å². The summed E-state index contributed by atoms with van der Waals surface area (Å²) in [5.74, 6) is 1.75. The predicted octanol–water partition coefficient (Wildman–Crippen LogP) is 2.20. The van der Waals surface area contributed by atoms with Crippen LogP contribution in [0, 0.1) is 0 Å². The van der Waals surface area contributed by atoms with Gasteiger partial charge in [-0.05, 0) is 38.1 Å². The summed E-state index contributed by atoms with van der Waals surface area (Å²) in [7, 11) is 0. The van der Waals surface area contributed by atoms with E-state index in [1.807, 2.05) is 12.3 Å². The molecule has 0 saturated carbocycles. The monoisotopic (exact) mass is 286 g/mol. The number of aromatic nitrogens is 3.